The Morgan fingerprint density at radius 1 is 1.29 bits per heavy atom. The predicted octanol–water partition coefficient (Wildman–Crippen LogP) is 2.07. The maximum Gasteiger partial charge on any atom is 0.141 e. The second kappa shape index (κ2) is 3.18. The molecule has 2 aromatic rings. The van der Waals surface area contributed by atoms with Crippen LogP contribution in [-0.4, -0.2) is 9.55 Å². The van der Waals surface area contributed by atoms with Crippen molar-refractivity contribution in [3.8, 4) is 5.69 Å². The Labute approximate surface area is 83.2 Å². The molecule has 3 nitrogen and oxygen atoms in total. The topological polar surface area (TPSA) is 43.8 Å². The molecule has 14 heavy (non-hydrogen) atoms. The van der Waals surface area contributed by atoms with Crippen molar-refractivity contribution < 1.29 is 0 Å². The van der Waals surface area contributed by atoms with E-state index in [1.165, 1.54) is 11.1 Å². The van der Waals surface area contributed by atoms with E-state index in [2.05, 4.69) is 31.0 Å². The minimum Gasteiger partial charge on any atom is -0.382 e. The zero-order valence-electron chi connectivity index (χ0n) is 8.36. The Kier molecular flexibility index (Phi) is 2.00. The molecule has 0 fully saturated rings. The van der Waals surface area contributed by atoms with Gasteiger partial charge in [-0.05, 0) is 31.0 Å². The van der Waals surface area contributed by atoms with Crippen molar-refractivity contribution >= 4 is 5.82 Å². The number of nitrogen functional groups attached to an aromatic ring is 1. The van der Waals surface area contributed by atoms with E-state index in [0.29, 0.717) is 5.82 Å². The highest BCUT2D eigenvalue weighted by molar-refractivity contribution is 5.46. The summed E-state index contributed by atoms with van der Waals surface area (Å²) in [6.07, 6.45) is 3.55. The predicted molar refractivity (Wildman–Crippen MR) is 57.5 cm³/mol. The summed E-state index contributed by atoms with van der Waals surface area (Å²) in [6.45, 7) is 4.19. The molecule has 3 heteroatoms. The number of rotatable bonds is 1. The summed E-state index contributed by atoms with van der Waals surface area (Å²) in [7, 11) is 0. The number of hydrogen-bond donors (Lipinski definition) is 1. The van der Waals surface area contributed by atoms with E-state index in [-0.39, 0.29) is 0 Å². The Hall–Kier alpha value is -1.77. The van der Waals surface area contributed by atoms with E-state index < -0.39 is 0 Å². The molecule has 72 valence electrons. The van der Waals surface area contributed by atoms with Gasteiger partial charge >= 0.3 is 0 Å². The minimum atomic E-state index is 0.547. The molecule has 0 aliphatic heterocycles. The number of imidazole rings is 1. The summed E-state index contributed by atoms with van der Waals surface area (Å²) in [4.78, 5) is 4.00. The zero-order chi connectivity index (χ0) is 10.1. The fourth-order valence-electron chi connectivity index (χ4n) is 1.49. The molecule has 1 aromatic heterocycles. The van der Waals surface area contributed by atoms with Crippen LogP contribution in [0.3, 0.4) is 0 Å². The highest BCUT2D eigenvalue weighted by Gasteiger charge is 2.02. The molecule has 0 aliphatic carbocycles. The average Bonchev–Trinajstić information content (AvgIpc) is 2.57. The zero-order valence-corrected chi connectivity index (χ0v) is 8.36. The summed E-state index contributed by atoms with van der Waals surface area (Å²) in [5.74, 6) is 0.547. The number of hydrogen-bond acceptors (Lipinski definition) is 2. The van der Waals surface area contributed by atoms with E-state index in [9.17, 15) is 0 Å². The summed E-state index contributed by atoms with van der Waals surface area (Å²) in [6, 6.07) is 6.19. The molecular formula is C11H13N3. The molecule has 2 rings (SSSR count). The molecular weight excluding hydrogens is 174 g/mol. The van der Waals surface area contributed by atoms with Crippen LogP contribution in [0.2, 0.25) is 0 Å². The maximum atomic E-state index is 5.57. The van der Waals surface area contributed by atoms with Gasteiger partial charge in [0.25, 0.3) is 0 Å². The van der Waals surface area contributed by atoms with Gasteiger partial charge in [0.05, 0.1) is 6.20 Å². The van der Waals surface area contributed by atoms with Gasteiger partial charge in [-0.15, -0.1) is 0 Å². The van der Waals surface area contributed by atoms with Crippen molar-refractivity contribution in [2.75, 3.05) is 5.73 Å². The second-order valence-corrected chi connectivity index (χ2v) is 3.42. The largest absolute Gasteiger partial charge is 0.382 e. The smallest absolute Gasteiger partial charge is 0.141 e. The molecule has 1 aromatic carbocycles. The van der Waals surface area contributed by atoms with Gasteiger partial charge in [0.15, 0.2) is 0 Å². The molecule has 0 aliphatic rings. The number of nitrogens with two attached hydrogens (primary N) is 1. The first-order valence-corrected chi connectivity index (χ1v) is 4.54. The monoisotopic (exact) mass is 187 g/mol. The van der Waals surface area contributed by atoms with Gasteiger partial charge in [-0.2, -0.15) is 0 Å². The fraction of sp³-hybridized carbons (Fsp3) is 0.182. The van der Waals surface area contributed by atoms with E-state index in [4.69, 9.17) is 5.73 Å². The Balaban J connectivity index is 2.57. The number of nitrogens with zero attached hydrogens (tertiary/aromatic N) is 2. The summed E-state index contributed by atoms with van der Waals surface area (Å²) in [5, 5.41) is 0. The lowest BCUT2D eigenvalue weighted by atomic mass is 10.1. The molecule has 0 spiro atoms. The van der Waals surface area contributed by atoms with Gasteiger partial charge in [-0.3, -0.25) is 0 Å². The third kappa shape index (κ3) is 1.37. The van der Waals surface area contributed by atoms with E-state index in [1.54, 1.807) is 6.33 Å². The number of anilines is 1. The Morgan fingerprint density at radius 3 is 2.71 bits per heavy atom. The van der Waals surface area contributed by atoms with Crippen LogP contribution >= 0.6 is 0 Å². The van der Waals surface area contributed by atoms with E-state index in [1.807, 2.05) is 16.8 Å². The van der Waals surface area contributed by atoms with Crippen molar-refractivity contribution in [1.29, 1.82) is 0 Å². The van der Waals surface area contributed by atoms with Crippen LogP contribution in [0.1, 0.15) is 11.1 Å². The highest BCUT2D eigenvalue weighted by atomic mass is 15.1. The van der Waals surface area contributed by atoms with Crippen molar-refractivity contribution in [3.63, 3.8) is 0 Å². The van der Waals surface area contributed by atoms with Crippen LogP contribution in [0.15, 0.2) is 30.7 Å². The molecule has 1 heterocycles. The highest BCUT2D eigenvalue weighted by Crippen LogP contribution is 2.17. The number of benzene rings is 1. The van der Waals surface area contributed by atoms with Crippen LogP contribution in [0.25, 0.3) is 5.69 Å². The van der Waals surface area contributed by atoms with Crippen molar-refractivity contribution in [3.05, 3.63) is 41.9 Å². The molecule has 0 saturated carbocycles. The first-order chi connectivity index (χ1) is 6.68. The molecule has 0 atom stereocenters. The summed E-state index contributed by atoms with van der Waals surface area (Å²) < 4.78 is 1.94. The standard InChI is InChI=1S/C11H13N3/c1-8-4-3-5-10(9(8)2)14-6-11(12)13-7-14/h3-7H,12H2,1-2H3. The maximum absolute atomic E-state index is 5.57. The molecule has 0 unspecified atom stereocenters. The van der Waals surface area contributed by atoms with Crippen LogP contribution in [0, 0.1) is 13.8 Å². The molecule has 0 amide bonds. The van der Waals surface area contributed by atoms with Crippen molar-refractivity contribution in [1.82, 2.24) is 9.55 Å². The van der Waals surface area contributed by atoms with Crippen LogP contribution in [-0.2, 0) is 0 Å². The van der Waals surface area contributed by atoms with Crippen molar-refractivity contribution in [2.45, 2.75) is 13.8 Å². The van der Waals surface area contributed by atoms with Gasteiger partial charge in [-0.1, -0.05) is 12.1 Å². The van der Waals surface area contributed by atoms with Gasteiger partial charge in [0, 0.05) is 5.69 Å². The molecule has 2 N–H and O–H groups in total. The third-order valence-electron chi connectivity index (χ3n) is 2.46. The second-order valence-electron chi connectivity index (χ2n) is 3.42. The lowest BCUT2D eigenvalue weighted by Gasteiger charge is -2.08. The molecule has 0 radical (unpaired) electrons. The summed E-state index contributed by atoms with van der Waals surface area (Å²) in [5.41, 5.74) is 9.23. The minimum absolute atomic E-state index is 0.547. The van der Waals surface area contributed by atoms with Crippen LogP contribution in [0.4, 0.5) is 5.82 Å². The van der Waals surface area contributed by atoms with Crippen LogP contribution < -0.4 is 5.73 Å². The lowest BCUT2D eigenvalue weighted by molar-refractivity contribution is 1.03. The van der Waals surface area contributed by atoms with Crippen molar-refractivity contribution in [2.24, 2.45) is 0 Å². The molecule has 0 saturated heterocycles. The van der Waals surface area contributed by atoms with E-state index in [0.717, 1.165) is 5.69 Å². The van der Waals surface area contributed by atoms with E-state index >= 15 is 0 Å². The van der Waals surface area contributed by atoms with Gasteiger partial charge in [0.2, 0.25) is 0 Å². The normalized spacial score (nSPS) is 10.4. The fourth-order valence-corrected chi connectivity index (χ4v) is 1.49. The number of aryl methyl sites for hydroxylation is 1. The SMILES string of the molecule is Cc1cccc(-n2cnc(N)c2)c1C. The molecule has 0 bridgehead atoms. The lowest BCUT2D eigenvalue weighted by Crippen LogP contribution is -1.95. The first-order valence-electron chi connectivity index (χ1n) is 4.54. The van der Waals surface area contributed by atoms with Crippen LogP contribution in [0.5, 0.6) is 0 Å². The van der Waals surface area contributed by atoms with Gasteiger partial charge in [0.1, 0.15) is 12.1 Å². The first kappa shape index (κ1) is 8.81. The Morgan fingerprint density at radius 2 is 2.07 bits per heavy atom. The number of aromatic nitrogens is 2. The quantitative estimate of drug-likeness (QED) is 0.742. The Bertz CT molecular complexity index is 457. The average molecular weight is 187 g/mol. The summed E-state index contributed by atoms with van der Waals surface area (Å²) >= 11 is 0. The third-order valence-corrected chi connectivity index (χ3v) is 2.46. The van der Waals surface area contributed by atoms with Gasteiger partial charge in [-0.25, -0.2) is 4.98 Å². The van der Waals surface area contributed by atoms with Gasteiger partial charge < -0.3 is 10.3 Å².